The quantitative estimate of drug-likeness (QED) is 0.0334. The van der Waals surface area contributed by atoms with Crippen molar-refractivity contribution in [1.29, 1.82) is 0 Å². The highest BCUT2D eigenvalue weighted by Gasteiger charge is 2.44. The van der Waals surface area contributed by atoms with E-state index < -0.39 is 49.5 Å². The van der Waals surface area contributed by atoms with Gasteiger partial charge >= 0.3 is 0 Å². The molecular weight excluding hydrogens is 719 g/mol. The third-order valence-corrected chi connectivity index (χ3v) is 12.2. The average Bonchev–Trinajstić information content (AvgIpc) is 3.21. The summed E-state index contributed by atoms with van der Waals surface area (Å²) in [5, 5.41) is 54.4. The maximum Gasteiger partial charge on any atom is 0.220 e. The van der Waals surface area contributed by atoms with Crippen molar-refractivity contribution in [3.8, 4) is 0 Å². The molecule has 0 spiro atoms. The Morgan fingerprint density at radius 1 is 0.526 bits per heavy atom. The van der Waals surface area contributed by atoms with Gasteiger partial charge in [-0.1, -0.05) is 226 Å². The Balaban J connectivity index is 2.27. The topological polar surface area (TPSA) is 149 Å². The van der Waals surface area contributed by atoms with Gasteiger partial charge in [0, 0.05) is 6.42 Å². The molecule has 2 unspecified atom stereocenters. The Labute approximate surface area is 351 Å². The van der Waals surface area contributed by atoms with Crippen molar-refractivity contribution >= 4 is 5.91 Å². The Hall–Kier alpha value is -0.810. The van der Waals surface area contributed by atoms with Crippen LogP contribution in [-0.2, 0) is 14.3 Å². The van der Waals surface area contributed by atoms with Crippen molar-refractivity contribution in [2.45, 2.75) is 288 Å². The molecule has 0 aromatic heterocycles. The van der Waals surface area contributed by atoms with Crippen LogP contribution in [0.4, 0.5) is 0 Å². The number of rotatable bonds is 42. The Morgan fingerprint density at radius 3 is 1.25 bits per heavy atom. The van der Waals surface area contributed by atoms with Crippen LogP contribution < -0.4 is 5.32 Å². The van der Waals surface area contributed by atoms with E-state index in [9.17, 15) is 30.3 Å². The molecule has 1 fully saturated rings. The molecular formula is C48H95NO8. The largest absolute Gasteiger partial charge is 0.394 e. The number of carbonyl (C=O) groups is 1. The number of aliphatic hydroxyl groups excluding tert-OH is 5. The second kappa shape index (κ2) is 39.3. The summed E-state index contributed by atoms with van der Waals surface area (Å²) in [5.41, 5.74) is 0. The molecule has 1 amide bonds. The Kier molecular flexibility index (Phi) is 37.4. The van der Waals surface area contributed by atoms with Gasteiger partial charge in [-0.3, -0.25) is 4.79 Å². The van der Waals surface area contributed by atoms with E-state index >= 15 is 0 Å². The summed E-state index contributed by atoms with van der Waals surface area (Å²) >= 11 is 0. The summed E-state index contributed by atoms with van der Waals surface area (Å²) in [7, 11) is 0. The van der Waals surface area contributed by atoms with E-state index in [1.807, 2.05) is 0 Å². The van der Waals surface area contributed by atoms with E-state index in [-0.39, 0.29) is 12.5 Å². The van der Waals surface area contributed by atoms with Gasteiger partial charge in [0.2, 0.25) is 5.91 Å². The third-order valence-electron chi connectivity index (χ3n) is 12.2. The van der Waals surface area contributed by atoms with Crippen molar-refractivity contribution in [1.82, 2.24) is 5.32 Å². The first-order valence-electron chi connectivity index (χ1n) is 24.7. The molecule has 1 aliphatic rings. The van der Waals surface area contributed by atoms with E-state index in [0.717, 1.165) is 38.5 Å². The fraction of sp³-hybridized carbons (Fsp3) is 0.979. The molecule has 1 saturated heterocycles. The molecule has 1 heterocycles. The smallest absolute Gasteiger partial charge is 0.220 e. The number of ether oxygens (including phenoxy) is 2. The number of amides is 1. The van der Waals surface area contributed by atoms with Crippen LogP contribution in [0.2, 0.25) is 0 Å². The van der Waals surface area contributed by atoms with E-state index in [1.165, 1.54) is 180 Å². The maximum absolute atomic E-state index is 13.0. The molecule has 6 N–H and O–H groups in total. The molecule has 340 valence electrons. The van der Waals surface area contributed by atoms with Crippen molar-refractivity contribution in [2.24, 2.45) is 0 Å². The number of hydrogen-bond acceptors (Lipinski definition) is 8. The Morgan fingerprint density at radius 2 is 0.877 bits per heavy atom. The van der Waals surface area contributed by atoms with E-state index in [0.29, 0.717) is 12.8 Å². The molecule has 9 nitrogen and oxygen atoms in total. The zero-order valence-corrected chi connectivity index (χ0v) is 37.4. The molecule has 0 aromatic carbocycles. The van der Waals surface area contributed by atoms with Crippen LogP contribution in [0.5, 0.6) is 0 Å². The van der Waals surface area contributed by atoms with Crippen LogP contribution in [-0.4, -0.2) is 87.5 Å². The highest BCUT2D eigenvalue weighted by atomic mass is 16.7. The summed E-state index contributed by atoms with van der Waals surface area (Å²) < 4.78 is 11.3. The number of unbranched alkanes of at least 4 members (excludes halogenated alkanes) is 32. The first-order valence-corrected chi connectivity index (χ1v) is 24.7. The van der Waals surface area contributed by atoms with E-state index in [1.54, 1.807) is 0 Å². The molecule has 57 heavy (non-hydrogen) atoms. The highest BCUT2D eigenvalue weighted by Crippen LogP contribution is 2.23. The van der Waals surface area contributed by atoms with Gasteiger partial charge in [0.25, 0.3) is 0 Å². The molecule has 7 atom stereocenters. The van der Waals surface area contributed by atoms with Crippen LogP contribution in [0, 0.1) is 0 Å². The molecule has 0 aliphatic carbocycles. The van der Waals surface area contributed by atoms with Crippen molar-refractivity contribution in [2.75, 3.05) is 13.2 Å². The summed E-state index contributed by atoms with van der Waals surface area (Å²) in [6, 6.07) is -0.711. The van der Waals surface area contributed by atoms with Gasteiger partial charge < -0.3 is 40.3 Å². The summed E-state index contributed by atoms with van der Waals surface area (Å²) in [6.45, 7) is 3.86. The van der Waals surface area contributed by atoms with Crippen LogP contribution in [0.3, 0.4) is 0 Å². The van der Waals surface area contributed by atoms with E-state index in [2.05, 4.69) is 19.2 Å². The molecule has 0 radical (unpaired) electrons. The molecule has 1 aliphatic heterocycles. The fourth-order valence-electron chi connectivity index (χ4n) is 8.22. The lowest BCUT2D eigenvalue weighted by atomic mass is 9.99. The van der Waals surface area contributed by atoms with Crippen LogP contribution in [0.15, 0.2) is 0 Å². The van der Waals surface area contributed by atoms with Crippen LogP contribution >= 0.6 is 0 Å². The molecule has 0 bridgehead atoms. The lowest BCUT2D eigenvalue weighted by Gasteiger charge is -2.40. The minimum Gasteiger partial charge on any atom is -0.394 e. The summed E-state index contributed by atoms with van der Waals surface area (Å²) in [5.74, 6) is -0.139. The van der Waals surface area contributed by atoms with Gasteiger partial charge in [-0.25, -0.2) is 0 Å². The van der Waals surface area contributed by atoms with Gasteiger partial charge in [0.1, 0.15) is 24.4 Å². The first-order chi connectivity index (χ1) is 27.8. The second-order valence-electron chi connectivity index (χ2n) is 17.6. The van der Waals surface area contributed by atoms with Gasteiger partial charge in [-0.15, -0.1) is 0 Å². The standard InChI is InChI=1S/C48H95NO8/c1-3-5-7-9-11-13-15-17-19-20-21-22-24-26-28-30-32-34-36-38-44(52)49-41(40-56-48-47(55)46(54)45(53)43(39-50)57-48)42(51)37-35-33-31-29-27-25-23-18-16-14-12-10-8-6-4-2/h41-43,45-48,50-51,53-55H,3-40H2,1-2H3,(H,49,52)/t41-,42+,43+,45+,46?,47?,48+/m0/s1. The summed E-state index contributed by atoms with van der Waals surface area (Å²) in [4.78, 5) is 13.0. The molecule has 0 saturated carbocycles. The van der Waals surface area contributed by atoms with Gasteiger partial charge in [-0.05, 0) is 12.8 Å². The van der Waals surface area contributed by atoms with Crippen molar-refractivity contribution < 1.29 is 39.8 Å². The lowest BCUT2D eigenvalue weighted by Crippen LogP contribution is -2.60. The SMILES string of the molecule is CCCCCCCCCCCCCCCCCCCCCC(=O)N[C@@H](CO[C@@H]1O[C@H](CO)[C@@H](O)C(O)C1O)[C@H](O)CCCCCCCCCCCCCCCCC. The Bertz CT molecular complexity index is 862. The fourth-order valence-corrected chi connectivity index (χ4v) is 8.22. The van der Waals surface area contributed by atoms with E-state index in [4.69, 9.17) is 9.47 Å². The predicted molar refractivity (Wildman–Crippen MR) is 235 cm³/mol. The first kappa shape index (κ1) is 54.2. The minimum atomic E-state index is -1.55. The molecule has 9 heteroatoms. The predicted octanol–water partition coefficient (Wildman–Crippen LogP) is 10.7. The zero-order chi connectivity index (χ0) is 41.6. The maximum atomic E-state index is 13.0. The lowest BCUT2D eigenvalue weighted by molar-refractivity contribution is -0.302. The molecule has 0 aromatic rings. The number of aliphatic hydroxyl groups is 5. The van der Waals surface area contributed by atoms with Crippen LogP contribution in [0.25, 0.3) is 0 Å². The van der Waals surface area contributed by atoms with Gasteiger partial charge in [0.15, 0.2) is 6.29 Å². The zero-order valence-electron chi connectivity index (χ0n) is 37.4. The number of hydrogen-bond donors (Lipinski definition) is 6. The summed E-state index contributed by atoms with van der Waals surface area (Å²) in [6.07, 6.45) is 36.8. The van der Waals surface area contributed by atoms with Crippen LogP contribution in [0.1, 0.15) is 245 Å². The second-order valence-corrected chi connectivity index (χ2v) is 17.6. The monoisotopic (exact) mass is 814 g/mol. The van der Waals surface area contributed by atoms with Crippen molar-refractivity contribution in [3.63, 3.8) is 0 Å². The van der Waals surface area contributed by atoms with Gasteiger partial charge in [-0.2, -0.15) is 0 Å². The van der Waals surface area contributed by atoms with Crippen molar-refractivity contribution in [3.05, 3.63) is 0 Å². The average molecular weight is 814 g/mol. The third kappa shape index (κ3) is 30.0. The number of carbonyl (C=O) groups excluding carboxylic acids is 1. The van der Waals surface area contributed by atoms with Gasteiger partial charge in [0.05, 0.1) is 25.4 Å². The number of nitrogens with one attached hydrogen (secondary N) is 1. The molecule has 1 rings (SSSR count). The highest BCUT2D eigenvalue weighted by molar-refractivity contribution is 5.76. The normalized spacial score (nSPS) is 20.9. The minimum absolute atomic E-state index is 0.131.